The third kappa shape index (κ3) is 11.6. The normalized spacial score (nSPS) is 14.7. The molecule has 1 saturated heterocycles. The van der Waals surface area contributed by atoms with Crippen LogP contribution in [0.2, 0.25) is 0 Å². The molecule has 0 bridgehead atoms. The third-order valence-corrected chi connectivity index (χ3v) is 10.7. The molecule has 11 heteroatoms. The fourth-order valence-electron chi connectivity index (χ4n) is 5.97. The van der Waals surface area contributed by atoms with Gasteiger partial charge in [0.05, 0.1) is 4.90 Å². The van der Waals surface area contributed by atoms with Crippen molar-refractivity contribution in [3.8, 4) is 5.75 Å². The number of carbonyl (C=O) groups is 1. The number of piperidine rings is 1. The van der Waals surface area contributed by atoms with Crippen LogP contribution >= 0.6 is 0 Å². The molecule has 1 atom stereocenters. The second-order valence-corrected chi connectivity index (χ2v) is 14.5. The number of nitrogens with zero attached hydrogens (tertiary/aromatic N) is 2. The number of unbranched alkanes of at least 4 members (excludes halogenated alkanes) is 3. The molecule has 0 spiro atoms. The molecule has 0 aromatic heterocycles. The van der Waals surface area contributed by atoms with Crippen molar-refractivity contribution in [2.24, 2.45) is 5.73 Å². The summed E-state index contributed by atoms with van der Waals surface area (Å²) in [5, 5.41) is 17.2. The highest BCUT2D eigenvalue weighted by atomic mass is 32.2. The predicted octanol–water partition coefficient (Wildman–Crippen LogP) is 5.72. The average Bonchev–Trinajstić information content (AvgIpc) is 3.11. The number of ether oxygens (including phenoxy) is 1. The first-order valence-corrected chi connectivity index (χ1v) is 18.9. The summed E-state index contributed by atoms with van der Waals surface area (Å²) >= 11 is 0. The number of benzene rings is 3. The van der Waals surface area contributed by atoms with Gasteiger partial charge in [-0.3, -0.25) is 4.90 Å². The number of rotatable bonds is 20. The van der Waals surface area contributed by atoms with E-state index >= 15 is 0 Å². The van der Waals surface area contributed by atoms with Crippen molar-refractivity contribution in [2.75, 3.05) is 49.5 Å². The Hall–Kier alpha value is -3.90. The molecule has 0 aliphatic carbocycles. The molecule has 0 unspecified atom stereocenters. The standard InChI is InChI=1S/C38H53N5O5S/c1-3-5-6-9-25-43(38(39)45)34-17-19-36(20-18-34)49(46,47)42-26-22-33(23-27-42)41-32-15-13-30(14-16-32)21-24-40-28-35(44)29-48-37-12-8-7-11-31(37)10-4-2/h4,7-8,11-20,33,35,40-41,44H,2-3,5-6,9-10,21-29H2,1H3,(H2,39,45)/t35-/m0/s1. The van der Waals surface area contributed by atoms with Gasteiger partial charge in [-0.2, -0.15) is 4.31 Å². The van der Waals surface area contributed by atoms with Crippen LogP contribution in [-0.2, 0) is 22.9 Å². The SMILES string of the molecule is C=CCc1ccccc1OC[C@@H](O)CNCCc1ccc(NC2CCN(S(=O)(=O)c3ccc(N(CCCCCC)C(N)=O)cc3)CC2)cc1. The van der Waals surface area contributed by atoms with E-state index in [4.69, 9.17) is 10.5 Å². The van der Waals surface area contributed by atoms with Gasteiger partial charge in [0.15, 0.2) is 0 Å². The van der Waals surface area contributed by atoms with Crippen molar-refractivity contribution in [3.63, 3.8) is 0 Å². The molecule has 49 heavy (non-hydrogen) atoms. The number of hydrogen-bond donors (Lipinski definition) is 4. The van der Waals surface area contributed by atoms with Crippen molar-refractivity contribution >= 4 is 27.4 Å². The van der Waals surface area contributed by atoms with Crippen molar-refractivity contribution in [2.45, 2.75) is 75.3 Å². The minimum absolute atomic E-state index is 0.172. The third-order valence-electron chi connectivity index (χ3n) is 8.80. The van der Waals surface area contributed by atoms with Gasteiger partial charge in [-0.05, 0) is 92.2 Å². The van der Waals surface area contributed by atoms with E-state index in [0.29, 0.717) is 44.7 Å². The monoisotopic (exact) mass is 691 g/mol. The van der Waals surface area contributed by atoms with Gasteiger partial charge >= 0.3 is 6.03 Å². The Balaban J connectivity index is 1.16. The zero-order chi connectivity index (χ0) is 35.1. The molecule has 2 amide bonds. The van der Waals surface area contributed by atoms with Gasteiger partial charge in [0, 0.05) is 43.6 Å². The summed E-state index contributed by atoms with van der Waals surface area (Å²) < 4.78 is 34.1. The molecule has 4 rings (SSSR count). The number of allylic oxidation sites excluding steroid dienone is 1. The summed E-state index contributed by atoms with van der Waals surface area (Å²) in [6.45, 7) is 8.67. The number of amides is 2. The number of urea groups is 1. The van der Waals surface area contributed by atoms with E-state index in [2.05, 4.69) is 48.4 Å². The summed E-state index contributed by atoms with van der Waals surface area (Å²) in [5.74, 6) is 0.774. The summed E-state index contributed by atoms with van der Waals surface area (Å²) in [4.78, 5) is 13.7. The fourth-order valence-corrected chi connectivity index (χ4v) is 7.44. The molecular formula is C38H53N5O5S. The summed E-state index contributed by atoms with van der Waals surface area (Å²) in [7, 11) is -3.65. The van der Waals surface area contributed by atoms with E-state index in [-0.39, 0.29) is 17.5 Å². The van der Waals surface area contributed by atoms with Gasteiger partial charge in [0.1, 0.15) is 18.5 Å². The Labute approximate surface area is 292 Å². The molecule has 5 N–H and O–H groups in total. The lowest BCUT2D eigenvalue weighted by atomic mass is 10.1. The second kappa shape index (κ2) is 19.3. The van der Waals surface area contributed by atoms with Gasteiger partial charge in [-0.1, -0.05) is 62.6 Å². The summed E-state index contributed by atoms with van der Waals surface area (Å²) in [6.07, 6.45) is 8.21. The maximum Gasteiger partial charge on any atom is 0.319 e. The Morgan fingerprint density at radius 3 is 2.45 bits per heavy atom. The zero-order valence-electron chi connectivity index (χ0n) is 28.7. The molecule has 0 radical (unpaired) electrons. The number of anilines is 2. The second-order valence-electron chi connectivity index (χ2n) is 12.6. The van der Waals surface area contributed by atoms with E-state index in [1.165, 1.54) is 14.8 Å². The maximum atomic E-state index is 13.4. The van der Waals surface area contributed by atoms with Crippen LogP contribution in [0.4, 0.5) is 16.2 Å². The highest BCUT2D eigenvalue weighted by molar-refractivity contribution is 7.89. The summed E-state index contributed by atoms with van der Waals surface area (Å²) in [6, 6.07) is 22.2. The molecule has 1 aliphatic rings. The molecule has 10 nitrogen and oxygen atoms in total. The Bertz CT molecular complexity index is 1560. The number of aliphatic hydroxyl groups is 1. The summed E-state index contributed by atoms with van der Waals surface area (Å²) in [5.41, 5.74) is 9.45. The Kier molecular flexibility index (Phi) is 15.0. The minimum Gasteiger partial charge on any atom is -0.491 e. The van der Waals surface area contributed by atoms with Gasteiger partial charge in [-0.15, -0.1) is 6.58 Å². The number of carbonyl (C=O) groups excluding carboxylic acids is 1. The first-order chi connectivity index (χ1) is 23.7. The highest BCUT2D eigenvalue weighted by Crippen LogP contribution is 2.25. The van der Waals surface area contributed by atoms with Crippen LogP contribution in [-0.4, -0.2) is 75.3 Å². The quantitative estimate of drug-likeness (QED) is 0.0879. The van der Waals surface area contributed by atoms with E-state index in [9.17, 15) is 18.3 Å². The highest BCUT2D eigenvalue weighted by Gasteiger charge is 2.29. The van der Waals surface area contributed by atoms with Gasteiger partial charge in [-0.25, -0.2) is 13.2 Å². The predicted molar refractivity (Wildman–Crippen MR) is 198 cm³/mol. The number of nitrogens with one attached hydrogen (secondary N) is 2. The van der Waals surface area contributed by atoms with Gasteiger partial charge in [0.2, 0.25) is 10.0 Å². The van der Waals surface area contributed by atoms with E-state index in [1.807, 2.05) is 30.3 Å². The molecule has 3 aromatic rings. The van der Waals surface area contributed by atoms with Crippen LogP contribution in [0.1, 0.15) is 56.6 Å². The first kappa shape index (κ1) is 37.9. The Morgan fingerprint density at radius 1 is 1.06 bits per heavy atom. The lowest BCUT2D eigenvalue weighted by Gasteiger charge is -2.32. The molecule has 1 aliphatic heterocycles. The largest absolute Gasteiger partial charge is 0.491 e. The smallest absolute Gasteiger partial charge is 0.319 e. The number of para-hydroxylation sites is 1. The lowest BCUT2D eigenvalue weighted by molar-refractivity contribution is 0.106. The van der Waals surface area contributed by atoms with Crippen LogP contribution in [0.5, 0.6) is 5.75 Å². The van der Waals surface area contributed by atoms with Crippen molar-refractivity contribution < 1.29 is 23.1 Å². The van der Waals surface area contributed by atoms with Crippen molar-refractivity contribution in [1.29, 1.82) is 0 Å². The molecule has 266 valence electrons. The van der Waals surface area contributed by atoms with Gasteiger partial charge in [0.25, 0.3) is 0 Å². The van der Waals surface area contributed by atoms with E-state index in [0.717, 1.165) is 62.1 Å². The molecular weight excluding hydrogens is 639 g/mol. The van der Waals surface area contributed by atoms with Crippen LogP contribution in [0.15, 0.2) is 90.3 Å². The lowest BCUT2D eigenvalue weighted by Crippen LogP contribution is -2.42. The molecule has 3 aromatic carbocycles. The number of hydrogen-bond acceptors (Lipinski definition) is 7. The van der Waals surface area contributed by atoms with Crippen molar-refractivity contribution in [1.82, 2.24) is 9.62 Å². The van der Waals surface area contributed by atoms with Crippen LogP contribution in [0, 0.1) is 0 Å². The number of sulfonamides is 1. The number of aliphatic hydroxyl groups excluding tert-OH is 1. The Morgan fingerprint density at radius 2 is 1.78 bits per heavy atom. The van der Waals surface area contributed by atoms with Crippen LogP contribution in [0.3, 0.4) is 0 Å². The van der Waals surface area contributed by atoms with Crippen LogP contribution in [0.25, 0.3) is 0 Å². The molecule has 1 fully saturated rings. The maximum absolute atomic E-state index is 13.4. The topological polar surface area (TPSA) is 137 Å². The zero-order valence-corrected chi connectivity index (χ0v) is 29.5. The molecule has 0 saturated carbocycles. The van der Waals surface area contributed by atoms with E-state index in [1.54, 1.807) is 24.3 Å². The van der Waals surface area contributed by atoms with Gasteiger partial charge < -0.3 is 26.2 Å². The average molecular weight is 692 g/mol. The van der Waals surface area contributed by atoms with E-state index < -0.39 is 22.2 Å². The first-order valence-electron chi connectivity index (χ1n) is 17.4. The van der Waals surface area contributed by atoms with Crippen LogP contribution < -0.4 is 26.0 Å². The minimum atomic E-state index is -3.65. The molecule has 1 heterocycles. The number of nitrogens with two attached hydrogens (primary N) is 1. The fraction of sp³-hybridized carbons (Fsp3) is 0.447. The van der Waals surface area contributed by atoms with Crippen molar-refractivity contribution in [3.05, 3.63) is 96.6 Å². The number of primary amides is 1.